The van der Waals surface area contributed by atoms with Crippen molar-refractivity contribution in [3.8, 4) is 11.5 Å². The molecule has 82 valence electrons. The number of aromatic nitrogens is 2. The molecule has 0 aromatic carbocycles. The largest absolute Gasteiger partial charge is 0.478 e. The Morgan fingerprint density at radius 1 is 1.56 bits per heavy atom. The molecule has 8 nitrogen and oxygen atoms in total. The van der Waals surface area contributed by atoms with Crippen molar-refractivity contribution in [1.82, 2.24) is 10.2 Å². The van der Waals surface area contributed by atoms with Crippen molar-refractivity contribution >= 4 is 11.9 Å². The predicted molar refractivity (Wildman–Crippen MR) is 49.9 cm³/mol. The van der Waals surface area contributed by atoms with Crippen molar-refractivity contribution in [2.45, 2.75) is 0 Å². The minimum atomic E-state index is -1.19. The number of aromatic amines is 1. The van der Waals surface area contributed by atoms with Crippen LogP contribution in [0.25, 0.3) is 11.5 Å². The van der Waals surface area contributed by atoms with Gasteiger partial charge in [-0.25, -0.2) is 4.79 Å². The number of nitrogens with zero attached hydrogens (tertiary/aromatic N) is 2. The van der Waals surface area contributed by atoms with Gasteiger partial charge in [-0.15, -0.1) is 0 Å². The average Bonchev–Trinajstić information content (AvgIpc) is 2.86. The summed E-state index contributed by atoms with van der Waals surface area (Å²) in [6, 6.07) is 2.44. The van der Waals surface area contributed by atoms with Crippen LogP contribution in [0.4, 0.5) is 5.88 Å². The summed E-state index contributed by atoms with van der Waals surface area (Å²) in [5.41, 5.74) is -0.00940. The topological polar surface area (TPSA) is 122 Å². The second kappa shape index (κ2) is 3.50. The van der Waals surface area contributed by atoms with Gasteiger partial charge in [-0.3, -0.25) is 15.2 Å². The molecule has 0 aliphatic rings. The molecular formula is C8H5N3O5. The van der Waals surface area contributed by atoms with Gasteiger partial charge in [-0.2, -0.15) is 5.10 Å². The van der Waals surface area contributed by atoms with E-state index >= 15 is 0 Å². The van der Waals surface area contributed by atoms with Gasteiger partial charge >= 0.3 is 11.9 Å². The van der Waals surface area contributed by atoms with Gasteiger partial charge in [-0.05, 0) is 6.07 Å². The lowest BCUT2D eigenvalue weighted by molar-refractivity contribution is -0.401. The van der Waals surface area contributed by atoms with Crippen LogP contribution in [0.5, 0.6) is 0 Å². The molecular weight excluding hydrogens is 218 g/mol. The maximum atomic E-state index is 10.8. The molecule has 2 heterocycles. The summed E-state index contributed by atoms with van der Waals surface area (Å²) in [5.74, 6) is -1.59. The summed E-state index contributed by atoms with van der Waals surface area (Å²) < 4.78 is 4.85. The normalized spacial score (nSPS) is 10.2. The fourth-order valence-corrected chi connectivity index (χ4v) is 1.20. The number of hydrogen-bond donors (Lipinski definition) is 2. The van der Waals surface area contributed by atoms with Crippen molar-refractivity contribution in [2.75, 3.05) is 0 Å². The van der Waals surface area contributed by atoms with Gasteiger partial charge in [-0.1, -0.05) is 0 Å². The van der Waals surface area contributed by atoms with E-state index in [1.807, 2.05) is 0 Å². The molecule has 0 radical (unpaired) electrons. The minimum absolute atomic E-state index is 0.0570. The third-order valence-electron chi connectivity index (χ3n) is 1.89. The molecule has 0 spiro atoms. The molecule has 2 rings (SSSR count). The molecule has 0 unspecified atom stereocenters. The SMILES string of the molecule is O=C(O)c1cn[nH]c1-c1ccc([N+](=O)[O-])o1. The first kappa shape index (κ1) is 9.90. The summed E-state index contributed by atoms with van der Waals surface area (Å²) in [5, 5.41) is 25.1. The number of carboxylic acids is 1. The molecule has 0 aliphatic carbocycles. The molecule has 2 aromatic heterocycles. The molecule has 16 heavy (non-hydrogen) atoms. The smallest absolute Gasteiger partial charge is 0.433 e. The number of H-pyrrole nitrogens is 1. The van der Waals surface area contributed by atoms with E-state index in [1.54, 1.807) is 0 Å². The molecule has 2 aromatic rings. The van der Waals surface area contributed by atoms with E-state index in [4.69, 9.17) is 9.52 Å². The third-order valence-corrected chi connectivity index (χ3v) is 1.89. The molecule has 8 heteroatoms. The fraction of sp³-hybridized carbons (Fsp3) is 0. The number of nitro groups is 1. The van der Waals surface area contributed by atoms with E-state index in [0.29, 0.717) is 0 Å². The number of nitrogens with one attached hydrogen (secondary N) is 1. The third kappa shape index (κ3) is 1.52. The molecule has 0 atom stereocenters. The van der Waals surface area contributed by atoms with Crippen LogP contribution < -0.4 is 0 Å². The predicted octanol–water partition coefficient (Wildman–Crippen LogP) is 1.28. The number of furan rings is 1. The highest BCUT2D eigenvalue weighted by atomic mass is 16.6. The highest BCUT2D eigenvalue weighted by Crippen LogP contribution is 2.26. The zero-order valence-electron chi connectivity index (χ0n) is 7.71. The standard InChI is InChI=1S/C8H5N3O5/c12-8(13)4-3-9-10-7(4)5-1-2-6(16-5)11(14)15/h1-3H,(H,9,10)(H,12,13). The number of aromatic carboxylic acids is 1. The van der Waals surface area contributed by atoms with Crippen molar-refractivity contribution in [3.05, 3.63) is 34.0 Å². The van der Waals surface area contributed by atoms with E-state index in [9.17, 15) is 14.9 Å². The van der Waals surface area contributed by atoms with Gasteiger partial charge in [0.15, 0.2) is 5.76 Å². The van der Waals surface area contributed by atoms with Crippen LogP contribution in [-0.2, 0) is 0 Å². The quantitative estimate of drug-likeness (QED) is 0.596. The van der Waals surface area contributed by atoms with E-state index in [0.717, 1.165) is 12.3 Å². The first-order valence-electron chi connectivity index (χ1n) is 4.11. The molecule has 0 fully saturated rings. The summed E-state index contributed by atoms with van der Waals surface area (Å²) in [6.45, 7) is 0. The van der Waals surface area contributed by atoms with Crippen molar-refractivity contribution in [2.24, 2.45) is 0 Å². The van der Waals surface area contributed by atoms with Crippen LogP contribution in [0, 0.1) is 10.1 Å². The van der Waals surface area contributed by atoms with Crippen LogP contribution in [-0.4, -0.2) is 26.2 Å². The Morgan fingerprint density at radius 3 is 2.88 bits per heavy atom. The molecule has 2 N–H and O–H groups in total. The van der Waals surface area contributed by atoms with Gasteiger partial charge < -0.3 is 9.52 Å². The Kier molecular flexibility index (Phi) is 2.16. The summed E-state index contributed by atoms with van der Waals surface area (Å²) in [6.07, 6.45) is 1.10. The van der Waals surface area contributed by atoms with Gasteiger partial charge in [0.2, 0.25) is 0 Å². The monoisotopic (exact) mass is 223 g/mol. The lowest BCUT2D eigenvalue weighted by Gasteiger charge is -1.92. The maximum absolute atomic E-state index is 10.8. The first-order valence-corrected chi connectivity index (χ1v) is 4.11. The highest BCUT2D eigenvalue weighted by Gasteiger charge is 2.19. The summed E-state index contributed by atoms with van der Waals surface area (Å²) in [4.78, 5) is 20.4. The Balaban J connectivity index is 2.46. The lowest BCUT2D eigenvalue weighted by Crippen LogP contribution is -1.96. The average molecular weight is 223 g/mol. The van der Waals surface area contributed by atoms with Crippen LogP contribution >= 0.6 is 0 Å². The highest BCUT2D eigenvalue weighted by molar-refractivity contribution is 5.93. The molecule has 0 bridgehead atoms. The summed E-state index contributed by atoms with van der Waals surface area (Å²) >= 11 is 0. The van der Waals surface area contributed by atoms with Gasteiger partial charge in [0.1, 0.15) is 16.2 Å². The van der Waals surface area contributed by atoms with Crippen LogP contribution in [0.3, 0.4) is 0 Å². The maximum Gasteiger partial charge on any atom is 0.433 e. The van der Waals surface area contributed by atoms with E-state index in [2.05, 4.69) is 10.2 Å². The fourth-order valence-electron chi connectivity index (χ4n) is 1.20. The molecule has 0 saturated carbocycles. The Bertz CT molecular complexity index is 556. The number of hydrogen-bond acceptors (Lipinski definition) is 5. The number of carboxylic acid groups (broad SMARTS) is 1. The second-order valence-corrected chi connectivity index (χ2v) is 2.86. The molecule has 0 saturated heterocycles. The number of carbonyl (C=O) groups is 1. The van der Waals surface area contributed by atoms with Crippen molar-refractivity contribution < 1.29 is 19.2 Å². The van der Waals surface area contributed by atoms with E-state index in [-0.39, 0.29) is 17.0 Å². The van der Waals surface area contributed by atoms with Gasteiger partial charge in [0.05, 0.1) is 12.3 Å². The van der Waals surface area contributed by atoms with Crippen LogP contribution in [0.15, 0.2) is 22.7 Å². The Morgan fingerprint density at radius 2 is 2.31 bits per heavy atom. The zero-order valence-corrected chi connectivity index (χ0v) is 7.71. The van der Waals surface area contributed by atoms with Crippen molar-refractivity contribution in [3.63, 3.8) is 0 Å². The molecule has 0 aliphatic heterocycles. The lowest BCUT2D eigenvalue weighted by atomic mass is 10.2. The zero-order chi connectivity index (χ0) is 11.7. The Hall–Kier alpha value is -2.64. The van der Waals surface area contributed by atoms with Crippen LogP contribution in [0.1, 0.15) is 10.4 Å². The Labute approximate surface area is 87.7 Å². The molecule has 0 amide bonds. The summed E-state index contributed by atoms with van der Waals surface area (Å²) in [7, 11) is 0. The van der Waals surface area contributed by atoms with Crippen molar-refractivity contribution in [1.29, 1.82) is 0 Å². The minimum Gasteiger partial charge on any atom is -0.478 e. The van der Waals surface area contributed by atoms with Gasteiger partial charge in [0.25, 0.3) is 0 Å². The van der Waals surface area contributed by atoms with E-state index in [1.165, 1.54) is 6.07 Å². The first-order chi connectivity index (χ1) is 7.59. The van der Waals surface area contributed by atoms with Gasteiger partial charge in [0, 0.05) is 0 Å². The van der Waals surface area contributed by atoms with Crippen LogP contribution in [0.2, 0.25) is 0 Å². The number of rotatable bonds is 3. The van der Waals surface area contributed by atoms with E-state index < -0.39 is 16.8 Å². The second-order valence-electron chi connectivity index (χ2n) is 2.86.